The molecule has 0 aliphatic heterocycles. The lowest BCUT2D eigenvalue weighted by Crippen LogP contribution is -2.59. The van der Waals surface area contributed by atoms with Crippen molar-refractivity contribution in [1.82, 2.24) is 23.8 Å². The van der Waals surface area contributed by atoms with Gasteiger partial charge in [0.25, 0.3) is 10.0 Å². The van der Waals surface area contributed by atoms with Crippen molar-refractivity contribution in [3.8, 4) is 6.07 Å². The molecule has 0 radical (unpaired) electrons. The first kappa shape index (κ1) is 28.6. The Kier molecular flexibility index (Phi) is 6.89. The van der Waals surface area contributed by atoms with Gasteiger partial charge in [-0.3, -0.25) is 0 Å². The zero-order valence-electron chi connectivity index (χ0n) is 25.3. The molecule has 9 rings (SSSR count). The maximum absolute atomic E-state index is 13.6. The minimum Gasteiger partial charge on any atom is -0.441 e. The molecule has 1 N–H and O–H groups in total. The average Bonchev–Trinajstić information content (AvgIpc) is 3.62. The van der Waals surface area contributed by atoms with Crippen LogP contribution >= 0.6 is 0 Å². The summed E-state index contributed by atoms with van der Waals surface area (Å²) >= 11 is 0. The highest BCUT2D eigenvalue weighted by molar-refractivity contribution is 7.90. The molecular weight excluding hydrogens is 588 g/mol. The first-order valence-corrected chi connectivity index (χ1v) is 17.8. The molecule has 10 nitrogen and oxygen atoms in total. The van der Waals surface area contributed by atoms with E-state index in [0.29, 0.717) is 52.5 Å². The van der Waals surface area contributed by atoms with Gasteiger partial charge in [0.05, 0.1) is 22.7 Å². The number of hydrogen-bond donors (Lipinski definition) is 1. The van der Waals surface area contributed by atoms with Gasteiger partial charge >= 0.3 is 6.09 Å². The van der Waals surface area contributed by atoms with Crippen LogP contribution in [0.1, 0.15) is 82.5 Å². The maximum atomic E-state index is 13.6. The summed E-state index contributed by atoms with van der Waals surface area (Å²) in [5.74, 6) is 3.13. The Morgan fingerprint density at radius 1 is 1.02 bits per heavy atom. The van der Waals surface area contributed by atoms with E-state index >= 15 is 0 Å². The number of amides is 1. The number of carbonyl (C=O) groups excluding carboxylic acids is 1. The second kappa shape index (κ2) is 10.9. The molecule has 3 aromatic heterocycles. The van der Waals surface area contributed by atoms with Gasteiger partial charge in [0.15, 0.2) is 12.3 Å². The van der Waals surface area contributed by atoms with Crippen LogP contribution in [0.15, 0.2) is 53.7 Å². The molecule has 4 bridgehead atoms. The van der Waals surface area contributed by atoms with Gasteiger partial charge in [0.2, 0.25) is 0 Å². The summed E-state index contributed by atoms with van der Waals surface area (Å²) < 4.78 is 36.5. The number of benzene rings is 1. The van der Waals surface area contributed by atoms with Crippen molar-refractivity contribution in [1.29, 1.82) is 5.26 Å². The number of pyridine rings is 1. The Labute approximate surface area is 262 Å². The Morgan fingerprint density at radius 3 is 2.38 bits per heavy atom. The normalized spacial score (nSPS) is 29.2. The molecule has 5 fully saturated rings. The number of nitrogens with zero attached hydrogens (tertiary/aromatic N) is 5. The van der Waals surface area contributed by atoms with Crippen molar-refractivity contribution in [3.63, 3.8) is 0 Å². The summed E-state index contributed by atoms with van der Waals surface area (Å²) in [6.45, 7) is 0.00944. The second-order valence-electron chi connectivity index (χ2n) is 14.0. The fraction of sp³-hybridized carbons (Fsp3) is 0.529. The lowest BCUT2D eigenvalue weighted by molar-refractivity contribution is -0.0197. The third-order valence-corrected chi connectivity index (χ3v) is 12.7. The molecular formula is C34H38N6O4S. The largest absolute Gasteiger partial charge is 0.441 e. The molecule has 3 heterocycles. The zero-order valence-corrected chi connectivity index (χ0v) is 26.1. The standard InChI is InChI=1S/C34H38N6O4S/c35-12-10-22-6-8-26(9-7-22)40-30(21-44-33(41)38-34-17-23-14-24(18-34)16-25(15-23)19-34)37-29-20-36-32-28(31(29)40)11-13-39(32)45(42,43)27-4-2-1-3-5-27/h1-5,11,13,20,22-26H,6-10,14-19,21H2,(H,38,41). The number of carbonyl (C=O) groups is 1. The Bertz CT molecular complexity index is 1880. The van der Waals surface area contributed by atoms with Gasteiger partial charge in [-0.1, -0.05) is 18.2 Å². The minimum atomic E-state index is -3.86. The van der Waals surface area contributed by atoms with Crippen LogP contribution in [-0.2, 0) is 21.4 Å². The highest BCUT2D eigenvalue weighted by Crippen LogP contribution is 2.55. The van der Waals surface area contributed by atoms with Gasteiger partial charge in [-0.25, -0.2) is 27.2 Å². The molecule has 0 atom stereocenters. The highest BCUT2D eigenvalue weighted by atomic mass is 32.2. The van der Waals surface area contributed by atoms with Gasteiger partial charge in [-0.15, -0.1) is 0 Å². The lowest BCUT2D eigenvalue weighted by atomic mass is 9.53. The quantitative estimate of drug-likeness (QED) is 0.249. The van der Waals surface area contributed by atoms with Crippen LogP contribution in [0.5, 0.6) is 0 Å². The zero-order chi connectivity index (χ0) is 30.8. The number of hydrogen-bond acceptors (Lipinski definition) is 7. The van der Waals surface area contributed by atoms with Crippen LogP contribution in [0.2, 0.25) is 0 Å². The van der Waals surface area contributed by atoms with E-state index in [1.165, 1.54) is 23.2 Å². The van der Waals surface area contributed by atoms with Crippen LogP contribution in [0.3, 0.4) is 0 Å². The number of imidazole rings is 1. The van der Waals surface area contributed by atoms with E-state index in [-0.39, 0.29) is 23.1 Å². The summed E-state index contributed by atoms with van der Waals surface area (Å²) in [7, 11) is -3.86. The number of nitriles is 1. The number of alkyl carbamates (subject to hydrolysis) is 1. The van der Waals surface area contributed by atoms with Crippen LogP contribution in [0.4, 0.5) is 4.79 Å². The molecule has 1 amide bonds. The third kappa shape index (κ3) is 4.98. The van der Waals surface area contributed by atoms with Crippen LogP contribution < -0.4 is 5.32 Å². The van der Waals surface area contributed by atoms with E-state index in [9.17, 15) is 18.5 Å². The maximum Gasteiger partial charge on any atom is 0.408 e. The molecule has 5 aliphatic carbocycles. The van der Waals surface area contributed by atoms with Gasteiger partial charge in [0.1, 0.15) is 11.3 Å². The molecule has 45 heavy (non-hydrogen) atoms. The first-order valence-electron chi connectivity index (χ1n) is 16.3. The predicted octanol–water partition coefficient (Wildman–Crippen LogP) is 6.46. The molecule has 0 saturated heterocycles. The number of fused-ring (bicyclic) bond motifs is 3. The van der Waals surface area contributed by atoms with E-state index in [2.05, 4.69) is 20.9 Å². The first-order chi connectivity index (χ1) is 21.8. The second-order valence-corrected chi connectivity index (χ2v) is 15.8. The summed E-state index contributed by atoms with van der Waals surface area (Å²) in [6, 6.07) is 12.5. The molecule has 0 unspecified atom stereocenters. The van der Waals surface area contributed by atoms with E-state index < -0.39 is 16.1 Å². The predicted molar refractivity (Wildman–Crippen MR) is 167 cm³/mol. The fourth-order valence-electron chi connectivity index (χ4n) is 9.47. The van der Waals surface area contributed by atoms with E-state index in [0.717, 1.165) is 50.5 Å². The Hall–Kier alpha value is -3.91. The van der Waals surface area contributed by atoms with Crippen LogP contribution in [0, 0.1) is 35.0 Å². The smallest absolute Gasteiger partial charge is 0.408 e. The highest BCUT2D eigenvalue weighted by Gasteiger charge is 2.51. The molecule has 5 aliphatic rings. The molecule has 234 valence electrons. The fourth-order valence-corrected chi connectivity index (χ4v) is 10.8. The molecule has 5 saturated carbocycles. The minimum absolute atomic E-state index is 0.00944. The van der Waals surface area contributed by atoms with Crippen molar-refractivity contribution in [3.05, 3.63) is 54.6 Å². The summed E-state index contributed by atoms with van der Waals surface area (Å²) in [5.41, 5.74) is 1.62. The monoisotopic (exact) mass is 626 g/mol. The van der Waals surface area contributed by atoms with Gasteiger partial charge in [0, 0.05) is 29.6 Å². The summed E-state index contributed by atoms with van der Waals surface area (Å²) in [5, 5.41) is 13.2. The summed E-state index contributed by atoms with van der Waals surface area (Å²) in [6.07, 6.45) is 13.9. The van der Waals surface area contributed by atoms with E-state index in [1.807, 2.05) is 0 Å². The van der Waals surface area contributed by atoms with Crippen molar-refractivity contribution in [2.75, 3.05) is 0 Å². The van der Waals surface area contributed by atoms with E-state index in [1.54, 1.807) is 48.8 Å². The van der Waals surface area contributed by atoms with Crippen molar-refractivity contribution < 1.29 is 17.9 Å². The van der Waals surface area contributed by atoms with Crippen LogP contribution in [-0.4, -0.2) is 38.6 Å². The third-order valence-electron chi connectivity index (χ3n) is 11.0. The molecule has 0 spiro atoms. The number of aromatic nitrogens is 4. The van der Waals surface area contributed by atoms with Gasteiger partial charge < -0.3 is 14.6 Å². The topological polar surface area (TPSA) is 132 Å². The SMILES string of the molecule is N#CCC1CCC(n2c(COC(=O)NC34CC5CC(CC(C5)C3)C4)nc3cnc4c(ccn4S(=O)(=O)c4ccccc4)c32)CC1. The van der Waals surface area contributed by atoms with Crippen molar-refractivity contribution >= 4 is 38.2 Å². The summed E-state index contributed by atoms with van der Waals surface area (Å²) in [4.78, 5) is 23.0. The van der Waals surface area contributed by atoms with Crippen molar-refractivity contribution in [2.24, 2.45) is 23.7 Å². The Morgan fingerprint density at radius 2 is 1.71 bits per heavy atom. The van der Waals surface area contributed by atoms with Crippen molar-refractivity contribution in [2.45, 2.75) is 93.7 Å². The molecule has 1 aromatic carbocycles. The molecule has 4 aromatic rings. The lowest BCUT2D eigenvalue weighted by Gasteiger charge is -2.56. The van der Waals surface area contributed by atoms with Gasteiger partial charge in [-0.05, 0) is 106 Å². The number of ether oxygens (including phenoxy) is 1. The Balaban J connectivity index is 1.13. The van der Waals surface area contributed by atoms with Crippen LogP contribution in [0.25, 0.3) is 22.1 Å². The average molecular weight is 627 g/mol. The number of nitrogens with one attached hydrogen (secondary N) is 1. The van der Waals surface area contributed by atoms with Gasteiger partial charge in [-0.2, -0.15) is 5.26 Å². The number of rotatable bonds is 7. The van der Waals surface area contributed by atoms with E-state index in [4.69, 9.17) is 9.72 Å². The molecule has 11 heteroatoms.